The third-order valence-corrected chi connectivity index (χ3v) is 6.01. The second kappa shape index (κ2) is 11.5. The van der Waals surface area contributed by atoms with Crippen molar-refractivity contribution in [2.45, 2.75) is 73.1 Å². The molecule has 168 valence electrons. The number of aryl methyl sites for hydroxylation is 2. The summed E-state index contributed by atoms with van der Waals surface area (Å²) in [6, 6.07) is 12.8. The number of benzene rings is 2. The van der Waals surface area contributed by atoms with Crippen molar-refractivity contribution >= 4 is 11.4 Å². The van der Waals surface area contributed by atoms with E-state index in [1.54, 1.807) is 0 Å². The van der Waals surface area contributed by atoms with Crippen molar-refractivity contribution in [2.24, 2.45) is 0 Å². The van der Waals surface area contributed by atoms with Crippen molar-refractivity contribution in [3.05, 3.63) is 87.0 Å². The summed E-state index contributed by atoms with van der Waals surface area (Å²) in [5.41, 5.74) is 20.8. The van der Waals surface area contributed by atoms with Gasteiger partial charge in [0.2, 0.25) is 11.4 Å². The first kappa shape index (κ1) is 24.3. The third-order valence-electron chi connectivity index (χ3n) is 6.01. The highest BCUT2D eigenvalue weighted by atomic mass is 15.2. The number of hydrogen-bond acceptors (Lipinski definition) is 0. The van der Waals surface area contributed by atoms with E-state index < -0.39 is 0 Å². The van der Waals surface area contributed by atoms with Crippen molar-refractivity contribution in [1.82, 2.24) is 0 Å². The van der Waals surface area contributed by atoms with Crippen molar-refractivity contribution in [3.8, 4) is 23.7 Å². The van der Waals surface area contributed by atoms with Gasteiger partial charge < -0.3 is 5.53 Å². The van der Waals surface area contributed by atoms with Gasteiger partial charge in [-0.1, -0.05) is 51.5 Å². The van der Waals surface area contributed by atoms with Crippen LogP contribution < -0.4 is 0 Å². The highest BCUT2D eigenvalue weighted by Gasteiger charge is 2.29. The fourth-order valence-corrected chi connectivity index (χ4v) is 4.34. The SMILES string of the molecule is CC#Cc1cc(C#CC)cc(C2=C(CCCCC)C=C(c3cc(CC)cc(CC)c3)[N+]2=[N-])c1. The minimum Gasteiger partial charge on any atom is -0.493 e. The van der Waals surface area contributed by atoms with Gasteiger partial charge >= 0.3 is 0 Å². The molecule has 0 bridgehead atoms. The third kappa shape index (κ3) is 5.71. The topological polar surface area (TPSA) is 25.3 Å². The lowest BCUT2D eigenvalue weighted by molar-refractivity contribution is -0.344. The zero-order chi connectivity index (χ0) is 23.8. The average molecular weight is 435 g/mol. The molecule has 2 aromatic carbocycles. The molecule has 2 aromatic rings. The summed E-state index contributed by atoms with van der Waals surface area (Å²) < 4.78 is 1.39. The van der Waals surface area contributed by atoms with Crippen LogP contribution in [0.25, 0.3) is 16.9 Å². The second-order valence-corrected chi connectivity index (χ2v) is 8.47. The molecule has 2 nitrogen and oxygen atoms in total. The molecule has 2 heteroatoms. The average Bonchev–Trinajstić information content (AvgIpc) is 3.15. The van der Waals surface area contributed by atoms with Crippen LogP contribution in [0.3, 0.4) is 0 Å². The molecule has 1 heterocycles. The van der Waals surface area contributed by atoms with Crippen LogP contribution in [0.1, 0.15) is 93.7 Å². The van der Waals surface area contributed by atoms with Gasteiger partial charge in [0, 0.05) is 33.9 Å². The molecule has 0 saturated heterocycles. The summed E-state index contributed by atoms with van der Waals surface area (Å²) >= 11 is 0. The Hall–Kier alpha value is -3.36. The molecule has 0 fully saturated rings. The Balaban J connectivity index is 2.14. The number of allylic oxidation sites excluding steroid dienone is 2. The Morgan fingerprint density at radius 1 is 0.758 bits per heavy atom. The van der Waals surface area contributed by atoms with Crippen LogP contribution in [0, 0.1) is 23.7 Å². The second-order valence-electron chi connectivity index (χ2n) is 8.47. The number of rotatable bonds is 8. The van der Waals surface area contributed by atoms with Crippen LogP contribution in [0.15, 0.2) is 48.0 Å². The quantitative estimate of drug-likeness (QED) is 0.229. The molecule has 0 aliphatic carbocycles. The van der Waals surface area contributed by atoms with Crippen LogP contribution in [0.5, 0.6) is 0 Å². The zero-order valence-corrected chi connectivity index (χ0v) is 20.7. The van der Waals surface area contributed by atoms with Gasteiger partial charge in [-0.3, -0.25) is 0 Å². The summed E-state index contributed by atoms with van der Waals surface area (Å²) in [5, 5.41) is 0. The van der Waals surface area contributed by atoms with Crippen LogP contribution >= 0.6 is 0 Å². The molecule has 33 heavy (non-hydrogen) atoms. The summed E-state index contributed by atoms with van der Waals surface area (Å²) in [5.74, 6) is 12.3. The van der Waals surface area contributed by atoms with Crippen molar-refractivity contribution < 1.29 is 4.70 Å². The monoisotopic (exact) mass is 434 g/mol. The Kier molecular flexibility index (Phi) is 8.46. The van der Waals surface area contributed by atoms with Gasteiger partial charge in [-0.2, -0.15) is 0 Å². The summed E-state index contributed by atoms with van der Waals surface area (Å²) in [6.07, 6.45) is 8.47. The van der Waals surface area contributed by atoms with Crippen LogP contribution in [0.4, 0.5) is 0 Å². The first-order valence-corrected chi connectivity index (χ1v) is 12.1. The van der Waals surface area contributed by atoms with Crippen molar-refractivity contribution in [2.75, 3.05) is 0 Å². The van der Waals surface area contributed by atoms with Gasteiger partial charge in [0.15, 0.2) is 0 Å². The Labute approximate surface area is 199 Å². The first-order chi connectivity index (χ1) is 16.0. The van der Waals surface area contributed by atoms with Crippen LogP contribution in [-0.4, -0.2) is 4.70 Å². The molecular weight excluding hydrogens is 400 g/mol. The highest BCUT2D eigenvalue weighted by Crippen LogP contribution is 2.38. The minimum absolute atomic E-state index is 0.844. The van der Waals surface area contributed by atoms with E-state index in [4.69, 9.17) is 0 Å². The highest BCUT2D eigenvalue weighted by molar-refractivity contribution is 5.79. The first-order valence-electron chi connectivity index (χ1n) is 12.1. The van der Waals surface area contributed by atoms with Gasteiger partial charge in [-0.25, -0.2) is 4.70 Å². The lowest BCUT2D eigenvalue weighted by atomic mass is 9.98. The predicted molar refractivity (Wildman–Crippen MR) is 139 cm³/mol. The maximum Gasteiger partial charge on any atom is 0.210 e. The molecule has 0 radical (unpaired) electrons. The maximum absolute atomic E-state index is 11.5. The standard InChI is InChI=1S/C31H34N2/c1-6-11-12-15-27-22-30(28-18-23(9-4)16-24(10-5)19-28)33(32)31(27)29-20-25(13-7-2)17-26(21-29)14-8-3/h16-22H,6,9-12,15H2,1-5H3. The van der Waals surface area contributed by atoms with Crippen LogP contribution in [-0.2, 0) is 12.8 Å². The Bertz CT molecular complexity index is 1170. The summed E-state index contributed by atoms with van der Waals surface area (Å²) in [4.78, 5) is 0. The van der Waals surface area contributed by atoms with E-state index >= 15 is 0 Å². The van der Waals surface area contributed by atoms with Gasteiger partial charge in [0.05, 0.1) is 0 Å². The molecule has 1 aliphatic rings. The van der Waals surface area contributed by atoms with E-state index in [9.17, 15) is 5.53 Å². The van der Waals surface area contributed by atoms with Gasteiger partial charge in [0.25, 0.3) is 0 Å². The minimum atomic E-state index is 0.844. The largest absolute Gasteiger partial charge is 0.493 e. The van der Waals surface area contributed by atoms with E-state index in [-0.39, 0.29) is 0 Å². The molecule has 0 N–H and O–H groups in total. The predicted octanol–water partition coefficient (Wildman–Crippen LogP) is 7.93. The molecule has 0 unspecified atom stereocenters. The van der Waals surface area contributed by atoms with E-state index in [2.05, 4.69) is 80.9 Å². The number of unbranched alkanes of at least 4 members (excludes halogenated alkanes) is 2. The summed E-state index contributed by atoms with van der Waals surface area (Å²) in [6.45, 7) is 10.2. The zero-order valence-electron chi connectivity index (χ0n) is 20.7. The Morgan fingerprint density at radius 2 is 1.36 bits per heavy atom. The molecule has 0 saturated carbocycles. The van der Waals surface area contributed by atoms with Crippen molar-refractivity contribution in [3.63, 3.8) is 0 Å². The molecule has 3 rings (SSSR count). The van der Waals surface area contributed by atoms with Gasteiger partial charge in [-0.15, -0.1) is 11.8 Å². The van der Waals surface area contributed by atoms with Gasteiger partial charge in [-0.05, 0) is 81.0 Å². The molecule has 0 atom stereocenters. The van der Waals surface area contributed by atoms with E-state index in [1.807, 2.05) is 19.9 Å². The normalized spacial score (nSPS) is 12.8. The van der Waals surface area contributed by atoms with Gasteiger partial charge in [0.1, 0.15) is 0 Å². The summed E-state index contributed by atoms with van der Waals surface area (Å²) in [7, 11) is 0. The lowest BCUT2D eigenvalue weighted by Gasteiger charge is -2.12. The number of nitrogens with zero attached hydrogens (tertiary/aromatic N) is 2. The maximum atomic E-state index is 11.5. The number of hydrogen-bond donors (Lipinski definition) is 0. The molecular formula is C31H34N2. The fourth-order valence-electron chi connectivity index (χ4n) is 4.34. The lowest BCUT2D eigenvalue weighted by Crippen LogP contribution is -2.04. The smallest absolute Gasteiger partial charge is 0.210 e. The molecule has 0 aromatic heterocycles. The van der Waals surface area contributed by atoms with E-state index in [1.165, 1.54) is 22.2 Å². The molecule has 1 aliphatic heterocycles. The van der Waals surface area contributed by atoms with E-state index in [0.717, 1.165) is 71.3 Å². The molecule has 0 spiro atoms. The van der Waals surface area contributed by atoms with Crippen LogP contribution in [0.2, 0.25) is 0 Å². The van der Waals surface area contributed by atoms with E-state index in [0.29, 0.717) is 0 Å². The molecule has 0 amide bonds. The fraction of sp³-hybridized carbons (Fsp3) is 0.355. The Morgan fingerprint density at radius 3 is 1.88 bits per heavy atom. The van der Waals surface area contributed by atoms with Crippen molar-refractivity contribution in [1.29, 1.82) is 0 Å².